The number of nitrogens with zero attached hydrogens (tertiary/aromatic N) is 2. The first-order valence-corrected chi connectivity index (χ1v) is 9.98. The number of likely N-dealkylation sites (tertiary alicyclic amines) is 1. The maximum absolute atomic E-state index is 13.4. The number of hydrogen-bond donors (Lipinski definition) is 2. The quantitative estimate of drug-likeness (QED) is 0.357. The van der Waals surface area contributed by atoms with E-state index in [0.29, 0.717) is 12.5 Å². The van der Waals surface area contributed by atoms with Crippen LogP contribution in [0.25, 0.3) is 0 Å². The molecule has 4 nitrogen and oxygen atoms in total. The van der Waals surface area contributed by atoms with E-state index in [-0.39, 0.29) is 29.8 Å². The van der Waals surface area contributed by atoms with Crippen molar-refractivity contribution in [3.8, 4) is 0 Å². The molecule has 2 rings (SSSR count). The van der Waals surface area contributed by atoms with E-state index in [4.69, 9.17) is 0 Å². The largest absolute Gasteiger partial charge is 0.356 e. The van der Waals surface area contributed by atoms with E-state index in [1.165, 1.54) is 19.0 Å². The third kappa shape index (κ3) is 7.30. The Morgan fingerprint density at radius 1 is 1.36 bits per heavy atom. The molecule has 2 N–H and O–H groups in total. The van der Waals surface area contributed by atoms with Gasteiger partial charge in [-0.05, 0) is 54.9 Å². The van der Waals surface area contributed by atoms with Gasteiger partial charge in [-0.2, -0.15) is 11.8 Å². The SMILES string of the molecule is CCN1CCC(CNC(=NC)NCc2ccc(F)cc2CSC)C1.I. The summed E-state index contributed by atoms with van der Waals surface area (Å²) in [7, 11) is 1.79. The van der Waals surface area contributed by atoms with E-state index < -0.39 is 0 Å². The van der Waals surface area contributed by atoms with Crippen molar-refractivity contribution >= 4 is 41.7 Å². The number of nitrogens with one attached hydrogen (secondary N) is 2. The van der Waals surface area contributed by atoms with Crippen LogP contribution in [0.15, 0.2) is 23.2 Å². The summed E-state index contributed by atoms with van der Waals surface area (Å²) in [5.74, 6) is 2.13. The highest BCUT2D eigenvalue weighted by atomic mass is 127. The molecule has 1 unspecified atom stereocenters. The molecule has 1 saturated heterocycles. The fourth-order valence-electron chi connectivity index (χ4n) is 3.06. The van der Waals surface area contributed by atoms with Crippen LogP contribution in [-0.4, -0.2) is 50.3 Å². The van der Waals surface area contributed by atoms with Crippen LogP contribution >= 0.6 is 35.7 Å². The van der Waals surface area contributed by atoms with Crippen LogP contribution in [0.4, 0.5) is 4.39 Å². The number of aliphatic imine (C=N–C) groups is 1. The van der Waals surface area contributed by atoms with Gasteiger partial charge in [0.1, 0.15) is 5.82 Å². The van der Waals surface area contributed by atoms with Crippen molar-refractivity contribution in [3.63, 3.8) is 0 Å². The van der Waals surface area contributed by atoms with Crippen molar-refractivity contribution in [2.75, 3.05) is 39.5 Å². The molecule has 0 saturated carbocycles. The molecule has 1 atom stereocenters. The number of rotatable bonds is 7. The van der Waals surface area contributed by atoms with E-state index in [0.717, 1.165) is 42.5 Å². The molecule has 0 aromatic heterocycles. The van der Waals surface area contributed by atoms with Gasteiger partial charge in [0.2, 0.25) is 0 Å². The van der Waals surface area contributed by atoms with Crippen molar-refractivity contribution in [1.82, 2.24) is 15.5 Å². The lowest BCUT2D eigenvalue weighted by Gasteiger charge is -2.17. The lowest BCUT2D eigenvalue weighted by Crippen LogP contribution is -2.40. The van der Waals surface area contributed by atoms with Crippen LogP contribution in [0, 0.1) is 11.7 Å². The van der Waals surface area contributed by atoms with Crippen molar-refractivity contribution < 1.29 is 4.39 Å². The molecule has 1 aliphatic heterocycles. The third-order valence-electron chi connectivity index (χ3n) is 4.51. The predicted molar refractivity (Wildman–Crippen MR) is 117 cm³/mol. The zero-order valence-electron chi connectivity index (χ0n) is 15.3. The second-order valence-electron chi connectivity index (χ2n) is 6.20. The summed E-state index contributed by atoms with van der Waals surface area (Å²) in [5, 5.41) is 6.77. The average Bonchev–Trinajstić information content (AvgIpc) is 3.05. The lowest BCUT2D eigenvalue weighted by atomic mass is 10.1. The van der Waals surface area contributed by atoms with Crippen molar-refractivity contribution in [2.45, 2.75) is 25.6 Å². The Kier molecular flexibility index (Phi) is 10.8. The van der Waals surface area contributed by atoms with Crippen LogP contribution in [0.2, 0.25) is 0 Å². The molecular formula is C18H30FIN4S. The summed E-state index contributed by atoms with van der Waals surface area (Å²) in [6.45, 7) is 7.30. The van der Waals surface area contributed by atoms with Gasteiger partial charge < -0.3 is 15.5 Å². The van der Waals surface area contributed by atoms with Crippen LogP contribution in [0.5, 0.6) is 0 Å². The summed E-state index contributed by atoms with van der Waals surface area (Å²) >= 11 is 1.70. The summed E-state index contributed by atoms with van der Waals surface area (Å²) in [6.07, 6.45) is 3.28. The van der Waals surface area contributed by atoms with Crippen molar-refractivity contribution in [1.29, 1.82) is 0 Å². The lowest BCUT2D eigenvalue weighted by molar-refractivity contribution is 0.342. The normalized spacial score (nSPS) is 18.1. The average molecular weight is 480 g/mol. The zero-order valence-corrected chi connectivity index (χ0v) is 18.5. The highest BCUT2D eigenvalue weighted by molar-refractivity contribution is 14.0. The number of guanidine groups is 1. The Morgan fingerprint density at radius 3 is 2.80 bits per heavy atom. The Bertz CT molecular complexity index is 556. The van der Waals surface area contributed by atoms with Crippen LogP contribution in [-0.2, 0) is 12.3 Å². The standard InChI is InChI=1S/C18H29FN4S.HI/c1-4-23-8-7-14(12-23)10-21-18(20-2)22-11-15-5-6-17(19)9-16(15)13-24-3;/h5-6,9,14H,4,7-8,10-13H2,1-3H3,(H2,20,21,22);1H. The fraction of sp³-hybridized carbons (Fsp3) is 0.611. The van der Waals surface area contributed by atoms with Gasteiger partial charge in [-0.15, -0.1) is 24.0 Å². The van der Waals surface area contributed by atoms with Gasteiger partial charge in [-0.3, -0.25) is 4.99 Å². The molecule has 142 valence electrons. The first-order valence-electron chi connectivity index (χ1n) is 8.59. The van der Waals surface area contributed by atoms with E-state index in [1.54, 1.807) is 24.9 Å². The van der Waals surface area contributed by atoms with E-state index in [2.05, 4.69) is 27.4 Å². The predicted octanol–water partition coefficient (Wildman–Crippen LogP) is 3.31. The third-order valence-corrected chi connectivity index (χ3v) is 5.11. The fourth-order valence-corrected chi connectivity index (χ4v) is 3.64. The van der Waals surface area contributed by atoms with E-state index in [1.807, 2.05) is 12.3 Å². The van der Waals surface area contributed by atoms with E-state index in [9.17, 15) is 4.39 Å². The maximum atomic E-state index is 13.4. The van der Waals surface area contributed by atoms with Crippen molar-refractivity contribution in [2.24, 2.45) is 10.9 Å². The Hall–Kier alpha value is -0.540. The van der Waals surface area contributed by atoms with Gasteiger partial charge in [0.05, 0.1) is 0 Å². The molecule has 1 aromatic rings. The molecule has 1 aliphatic rings. The minimum Gasteiger partial charge on any atom is -0.356 e. The van der Waals surface area contributed by atoms with Gasteiger partial charge in [0, 0.05) is 32.4 Å². The Morgan fingerprint density at radius 2 is 2.16 bits per heavy atom. The maximum Gasteiger partial charge on any atom is 0.191 e. The minimum absolute atomic E-state index is 0. The van der Waals surface area contributed by atoms with E-state index >= 15 is 0 Å². The molecular weight excluding hydrogens is 450 g/mol. The first kappa shape index (κ1) is 22.5. The summed E-state index contributed by atoms with van der Waals surface area (Å²) in [4.78, 5) is 6.78. The first-order chi connectivity index (χ1) is 11.7. The Labute approximate surface area is 172 Å². The smallest absolute Gasteiger partial charge is 0.191 e. The molecule has 0 bridgehead atoms. The zero-order chi connectivity index (χ0) is 17.4. The number of thioether (sulfide) groups is 1. The highest BCUT2D eigenvalue weighted by Gasteiger charge is 2.20. The summed E-state index contributed by atoms with van der Waals surface area (Å²) in [5.41, 5.74) is 2.16. The molecule has 1 fully saturated rings. The highest BCUT2D eigenvalue weighted by Crippen LogP contribution is 2.17. The van der Waals surface area contributed by atoms with Crippen LogP contribution in [0.3, 0.4) is 0 Å². The molecule has 25 heavy (non-hydrogen) atoms. The molecule has 0 spiro atoms. The molecule has 0 aliphatic carbocycles. The molecule has 0 radical (unpaired) electrons. The monoisotopic (exact) mass is 480 g/mol. The van der Waals surface area contributed by atoms with Crippen molar-refractivity contribution in [3.05, 3.63) is 35.1 Å². The van der Waals surface area contributed by atoms with Gasteiger partial charge >= 0.3 is 0 Å². The number of halogens is 2. The van der Waals surface area contributed by atoms with Gasteiger partial charge in [-0.1, -0.05) is 13.0 Å². The minimum atomic E-state index is -0.174. The summed E-state index contributed by atoms with van der Waals surface area (Å²) < 4.78 is 13.4. The molecule has 7 heteroatoms. The molecule has 1 aromatic carbocycles. The molecule has 0 amide bonds. The topological polar surface area (TPSA) is 39.7 Å². The second kappa shape index (κ2) is 12.0. The van der Waals surface area contributed by atoms with Crippen LogP contribution in [0.1, 0.15) is 24.5 Å². The molecule has 1 heterocycles. The van der Waals surface area contributed by atoms with Gasteiger partial charge in [0.15, 0.2) is 5.96 Å². The number of hydrogen-bond acceptors (Lipinski definition) is 3. The Balaban J connectivity index is 0.00000312. The van der Waals surface area contributed by atoms with Gasteiger partial charge in [-0.25, -0.2) is 4.39 Å². The van der Waals surface area contributed by atoms with Gasteiger partial charge in [0.25, 0.3) is 0 Å². The number of benzene rings is 1. The summed E-state index contributed by atoms with van der Waals surface area (Å²) in [6, 6.07) is 5.01. The second-order valence-corrected chi connectivity index (χ2v) is 7.07. The van der Waals surface area contributed by atoms with Crippen LogP contribution < -0.4 is 10.6 Å².